The first-order valence-electron chi connectivity index (χ1n) is 7.04. The predicted octanol–water partition coefficient (Wildman–Crippen LogP) is 1.62. The molecule has 118 valence electrons. The molecule has 3 N–H and O–H groups in total. The lowest BCUT2D eigenvalue weighted by molar-refractivity contribution is -0.121. The number of carbonyl (C=O) groups is 1. The summed E-state index contributed by atoms with van der Waals surface area (Å²) in [7, 11) is 1.72. The van der Waals surface area contributed by atoms with Crippen molar-refractivity contribution in [3.63, 3.8) is 0 Å². The molecular formula is C14H23IN4O2. The number of nitrogens with zero attached hydrogens (tertiary/aromatic N) is 1. The van der Waals surface area contributed by atoms with Gasteiger partial charge < -0.3 is 20.4 Å². The van der Waals surface area contributed by atoms with Crippen LogP contribution in [0.1, 0.15) is 31.4 Å². The van der Waals surface area contributed by atoms with Gasteiger partial charge in [-0.15, -0.1) is 24.0 Å². The highest BCUT2D eigenvalue weighted by molar-refractivity contribution is 14.0. The lowest BCUT2D eigenvalue weighted by Crippen LogP contribution is -2.37. The van der Waals surface area contributed by atoms with Gasteiger partial charge in [-0.05, 0) is 31.4 Å². The third-order valence-electron chi connectivity index (χ3n) is 3.05. The van der Waals surface area contributed by atoms with E-state index >= 15 is 0 Å². The number of guanidine groups is 1. The van der Waals surface area contributed by atoms with Gasteiger partial charge in [0.05, 0.1) is 12.8 Å². The average Bonchev–Trinajstić information content (AvgIpc) is 3.10. The maximum atomic E-state index is 11.5. The number of carbonyl (C=O) groups excluding carboxylic acids is 1. The fourth-order valence-electron chi connectivity index (χ4n) is 1.79. The highest BCUT2D eigenvalue weighted by atomic mass is 127. The molecule has 1 saturated carbocycles. The zero-order valence-corrected chi connectivity index (χ0v) is 14.6. The molecule has 1 aliphatic rings. The van der Waals surface area contributed by atoms with E-state index in [1.807, 2.05) is 12.1 Å². The van der Waals surface area contributed by atoms with E-state index in [4.69, 9.17) is 4.42 Å². The molecule has 0 aromatic carbocycles. The van der Waals surface area contributed by atoms with Crippen LogP contribution < -0.4 is 16.0 Å². The first-order chi connectivity index (χ1) is 9.78. The molecule has 2 rings (SSSR count). The van der Waals surface area contributed by atoms with Gasteiger partial charge >= 0.3 is 0 Å². The van der Waals surface area contributed by atoms with Gasteiger partial charge in [0.15, 0.2) is 5.96 Å². The molecule has 6 nitrogen and oxygen atoms in total. The zero-order chi connectivity index (χ0) is 14.2. The van der Waals surface area contributed by atoms with E-state index in [0.717, 1.165) is 31.6 Å². The summed E-state index contributed by atoms with van der Waals surface area (Å²) in [6.07, 6.45) is 5.25. The summed E-state index contributed by atoms with van der Waals surface area (Å²) in [6.45, 7) is 1.31. The molecule has 1 aliphatic carbocycles. The first kappa shape index (κ1) is 17.8. The van der Waals surface area contributed by atoms with E-state index < -0.39 is 0 Å². The molecule has 1 aromatic rings. The fraction of sp³-hybridized carbons (Fsp3) is 0.571. The van der Waals surface area contributed by atoms with Crippen molar-refractivity contribution in [2.75, 3.05) is 13.6 Å². The summed E-state index contributed by atoms with van der Waals surface area (Å²) in [5.74, 6) is 1.72. The van der Waals surface area contributed by atoms with Crippen LogP contribution in [0.2, 0.25) is 0 Å². The molecule has 0 atom stereocenters. The van der Waals surface area contributed by atoms with Gasteiger partial charge in [0.1, 0.15) is 5.76 Å². The van der Waals surface area contributed by atoms with Gasteiger partial charge in [0.2, 0.25) is 5.91 Å². The highest BCUT2D eigenvalue weighted by Gasteiger charge is 2.22. The van der Waals surface area contributed by atoms with Crippen LogP contribution in [0.3, 0.4) is 0 Å². The minimum atomic E-state index is 0. The number of hydrogen-bond donors (Lipinski definition) is 3. The van der Waals surface area contributed by atoms with E-state index in [2.05, 4.69) is 20.9 Å². The van der Waals surface area contributed by atoms with Crippen molar-refractivity contribution in [1.82, 2.24) is 16.0 Å². The maximum Gasteiger partial charge on any atom is 0.220 e. The Morgan fingerprint density at radius 1 is 1.43 bits per heavy atom. The highest BCUT2D eigenvalue weighted by Crippen LogP contribution is 2.18. The lowest BCUT2D eigenvalue weighted by Gasteiger charge is -2.10. The minimum Gasteiger partial charge on any atom is -0.467 e. The minimum absolute atomic E-state index is 0. The van der Waals surface area contributed by atoms with Crippen molar-refractivity contribution < 1.29 is 9.21 Å². The van der Waals surface area contributed by atoms with Crippen LogP contribution in [0, 0.1) is 0 Å². The van der Waals surface area contributed by atoms with E-state index in [-0.39, 0.29) is 29.9 Å². The van der Waals surface area contributed by atoms with Crippen LogP contribution in [-0.4, -0.2) is 31.5 Å². The Balaban J connectivity index is 0.00000220. The van der Waals surface area contributed by atoms with Gasteiger partial charge in [-0.2, -0.15) is 0 Å². The van der Waals surface area contributed by atoms with E-state index in [1.54, 1.807) is 13.3 Å². The summed E-state index contributed by atoms with van der Waals surface area (Å²) in [4.78, 5) is 15.6. The van der Waals surface area contributed by atoms with Crippen molar-refractivity contribution in [2.24, 2.45) is 4.99 Å². The molecule has 1 amide bonds. The number of halogens is 1. The third-order valence-corrected chi connectivity index (χ3v) is 3.05. The van der Waals surface area contributed by atoms with Crippen molar-refractivity contribution in [3.8, 4) is 0 Å². The van der Waals surface area contributed by atoms with Crippen molar-refractivity contribution in [2.45, 2.75) is 38.3 Å². The fourth-order valence-corrected chi connectivity index (χ4v) is 1.79. The number of rotatable bonds is 7. The number of furan rings is 1. The quantitative estimate of drug-likeness (QED) is 0.278. The Morgan fingerprint density at radius 2 is 2.24 bits per heavy atom. The molecule has 0 bridgehead atoms. The van der Waals surface area contributed by atoms with Crippen LogP contribution >= 0.6 is 24.0 Å². The largest absolute Gasteiger partial charge is 0.467 e. The average molecular weight is 406 g/mol. The Hall–Kier alpha value is -1.25. The first-order valence-corrected chi connectivity index (χ1v) is 7.04. The molecule has 0 spiro atoms. The summed E-state index contributed by atoms with van der Waals surface area (Å²) in [5, 5.41) is 9.29. The molecule has 21 heavy (non-hydrogen) atoms. The second-order valence-electron chi connectivity index (χ2n) is 4.88. The topological polar surface area (TPSA) is 78.7 Å². The second-order valence-corrected chi connectivity index (χ2v) is 4.88. The van der Waals surface area contributed by atoms with E-state index in [1.165, 1.54) is 0 Å². The van der Waals surface area contributed by atoms with E-state index in [9.17, 15) is 4.79 Å². The van der Waals surface area contributed by atoms with Crippen LogP contribution in [0.5, 0.6) is 0 Å². The third kappa shape index (κ3) is 7.35. The Bertz CT molecular complexity index is 444. The van der Waals surface area contributed by atoms with Gasteiger partial charge in [0, 0.05) is 26.1 Å². The summed E-state index contributed by atoms with van der Waals surface area (Å²) < 4.78 is 5.23. The molecule has 0 saturated heterocycles. The van der Waals surface area contributed by atoms with Gasteiger partial charge in [-0.3, -0.25) is 9.79 Å². The Labute approximate surface area is 142 Å². The monoisotopic (exact) mass is 406 g/mol. The maximum absolute atomic E-state index is 11.5. The molecule has 0 unspecified atom stereocenters. The van der Waals surface area contributed by atoms with Crippen molar-refractivity contribution >= 4 is 35.8 Å². The summed E-state index contributed by atoms with van der Waals surface area (Å²) in [5.41, 5.74) is 0. The molecular weight excluding hydrogens is 383 g/mol. The van der Waals surface area contributed by atoms with Gasteiger partial charge in [0.25, 0.3) is 0 Å². The molecule has 7 heteroatoms. The van der Waals surface area contributed by atoms with Crippen molar-refractivity contribution in [1.29, 1.82) is 0 Å². The molecule has 0 aliphatic heterocycles. The van der Waals surface area contributed by atoms with E-state index in [0.29, 0.717) is 25.0 Å². The molecule has 0 radical (unpaired) electrons. The Kier molecular flexibility index (Phi) is 8.17. The van der Waals surface area contributed by atoms with Crippen LogP contribution in [0.15, 0.2) is 27.8 Å². The molecule has 1 heterocycles. The zero-order valence-electron chi connectivity index (χ0n) is 12.2. The van der Waals surface area contributed by atoms with Gasteiger partial charge in [-0.25, -0.2) is 0 Å². The van der Waals surface area contributed by atoms with Crippen LogP contribution in [0.25, 0.3) is 0 Å². The van der Waals surface area contributed by atoms with Crippen LogP contribution in [0.4, 0.5) is 0 Å². The number of aliphatic imine (C=N–C) groups is 1. The smallest absolute Gasteiger partial charge is 0.220 e. The summed E-state index contributed by atoms with van der Waals surface area (Å²) in [6, 6.07) is 4.20. The number of nitrogens with one attached hydrogen (secondary N) is 3. The SMILES string of the molecule is CN=C(NCCCC(=O)NC1CC1)NCc1ccco1.I. The molecule has 1 aromatic heterocycles. The predicted molar refractivity (Wildman–Crippen MR) is 92.7 cm³/mol. The molecule has 1 fully saturated rings. The standard InChI is InChI=1S/C14H22N4O2.HI/c1-15-14(17-10-12-4-3-9-20-12)16-8-2-5-13(19)18-11-6-7-11;/h3-4,9,11H,2,5-8,10H2,1H3,(H,18,19)(H2,15,16,17);1H. The van der Waals surface area contributed by atoms with Crippen LogP contribution in [-0.2, 0) is 11.3 Å². The van der Waals surface area contributed by atoms with Gasteiger partial charge in [-0.1, -0.05) is 0 Å². The summed E-state index contributed by atoms with van der Waals surface area (Å²) >= 11 is 0. The number of hydrogen-bond acceptors (Lipinski definition) is 3. The normalized spacial score (nSPS) is 14.2. The second kappa shape index (κ2) is 9.64. The Morgan fingerprint density at radius 3 is 2.86 bits per heavy atom. The lowest BCUT2D eigenvalue weighted by atomic mass is 10.3. The number of amides is 1. The van der Waals surface area contributed by atoms with Crippen molar-refractivity contribution in [3.05, 3.63) is 24.2 Å².